The van der Waals surface area contributed by atoms with Crippen LogP contribution in [0.15, 0.2) is 42.5 Å². The van der Waals surface area contributed by atoms with E-state index in [4.69, 9.17) is 5.26 Å². The van der Waals surface area contributed by atoms with Gasteiger partial charge in [0.05, 0.1) is 6.07 Å². The number of carbonyl (C=O) groups excluding carboxylic acids is 2. The molecule has 0 radical (unpaired) electrons. The Morgan fingerprint density at radius 1 is 1.04 bits per heavy atom. The normalized spacial score (nSPS) is 9.78. The van der Waals surface area contributed by atoms with E-state index in [2.05, 4.69) is 10.6 Å². The summed E-state index contributed by atoms with van der Waals surface area (Å²) in [7, 11) is 0. The zero-order chi connectivity index (χ0) is 16.8. The van der Waals surface area contributed by atoms with Crippen LogP contribution >= 0.6 is 0 Å². The highest BCUT2D eigenvalue weighted by atomic mass is 16.2. The van der Waals surface area contributed by atoms with Gasteiger partial charge in [-0.15, -0.1) is 0 Å². The molecule has 0 atom stereocenters. The molecule has 2 amide bonds. The molecule has 0 aliphatic carbocycles. The van der Waals surface area contributed by atoms with Gasteiger partial charge in [-0.1, -0.05) is 24.3 Å². The average Bonchev–Trinajstić information content (AvgIpc) is 2.51. The number of hydrogen-bond acceptors (Lipinski definition) is 3. The van der Waals surface area contributed by atoms with Crippen molar-refractivity contribution in [3.05, 3.63) is 59.2 Å². The van der Waals surface area contributed by atoms with Gasteiger partial charge in [-0.05, 0) is 43.2 Å². The first-order valence-electron chi connectivity index (χ1n) is 7.15. The van der Waals surface area contributed by atoms with Crippen molar-refractivity contribution in [3.63, 3.8) is 0 Å². The summed E-state index contributed by atoms with van der Waals surface area (Å²) in [5.41, 5.74) is 3.67. The van der Waals surface area contributed by atoms with Crippen LogP contribution in [0.2, 0.25) is 0 Å². The van der Waals surface area contributed by atoms with Gasteiger partial charge in [0, 0.05) is 16.9 Å². The molecule has 0 spiro atoms. The summed E-state index contributed by atoms with van der Waals surface area (Å²) in [4.78, 5) is 23.8. The molecule has 0 unspecified atom stereocenters. The van der Waals surface area contributed by atoms with Crippen LogP contribution in [-0.4, -0.2) is 11.8 Å². The Hall–Kier alpha value is -3.13. The minimum absolute atomic E-state index is 0.223. The molecular formula is C18H17N3O2. The van der Waals surface area contributed by atoms with E-state index < -0.39 is 5.91 Å². The summed E-state index contributed by atoms with van der Waals surface area (Å²) in [6.45, 7) is 3.86. The molecule has 23 heavy (non-hydrogen) atoms. The van der Waals surface area contributed by atoms with E-state index in [-0.39, 0.29) is 12.3 Å². The van der Waals surface area contributed by atoms with Gasteiger partial charge in [-0.2, -0.15) is 5.26 Å². The maximum Gasteiger partial charge on any atom is 0.255 e. The lowest BCUT2D eigenvalue weighted by Crippen LogP contribution is -2.15. The Labute approximate surface area is 134 Å². The van der Waals surface area contributed by atoms with Crippen LogP contribution in [0.3, 0.4) is 0 Å². The number of carbonyl (C=O) groups is 2. The zero-order valence-corrected chi connectivity index (χ0v) is 13.0. The quantitative estimate of drug-likeness (QED) is 0.908. The number of anilines is 2. The standard InChI is InChI=1S/C18H17N3O2/c1-12-5-3-6-13(2)17(12)21-18(23)14-7-4-8-15(11-14)20-16(22)9-10-19/h3-8,11H,9H2,1-2H3,(H,20,22)(H,21,23). The van der Waals surface area contributed by atoms with E-state index in [1.54, 1.807) is 30.3 Å². The van der Waals surface area contributed by atoms with Gasteiger partial charge in [0.25, 0.3) is 5.91 Å². The van der Waals surface area contributed by atoms with Gasteiger partial charge in [-0.25, -0.2) is 0 Å². The molecule has 2 aromatic rings. The Morgan fingerprint density at radius 2 is 1.70 bits per heavy atom. The van der Waals surface area contributed by atoms with Crippen molar-refractivity contribution in [1.29, 1.82) is 5.26 Å². The van der Waals surface area contributed by atoms with Crippen LogP contribution in [0, 0.1) is 25.2 Å². The maximum absolute atomic E-state index is 12.4. The van der Waals surface area contributed by atoms with Crippen LogP contribution < -0.4 is 10.6 Å². The van der Waals surface area contributed by atoms with E-state index in [9.17, 15) is 9.59 Å². The minimum Gasteiger partial charge on any atom is -0.325 e. The Balaban J connectivity index is 2.17. The number of amides is 2. The second-order valence-electron chi connectivity index (χ2n) is 5.18. The number of aryl methyl sites for hydroxylation is 2. The summed E-state index contributed by atoms with van der Waals surface area (Å²) >= 11 is 0. The first-order valence-corrected chi connectivity index (χ1v) is 7.15. The molecule has 5 heteroatoms. The van der Waals surface area contributed by atoms with Crippen molar-refractivity contribution in [1.82, 2.24) is 0 Å². The minimum atomic E-state index is -0.403. The van der Waals surface area contributed by atoms with Gasteiger partial charge in [0.15, 0.2) is 0 Å². The maximum atomic E-state index is 12.4. The third-order valence-electron chi connectivity index (χ3n) is 3.37. The molecule has 2 N–H and O–H groups in total. The highest BCUT2D eigenvalue weighted by molar-refractivity contribution is 6.06. The first kappa shape index (κ1) is 16.2. The molecule has 116 valence electrons. The second kappa shape index (κ2) is 7.23. The molecule has 2 aromatic carbocycles. The largest absolute Gasteiger partial charge is 0.325 e. The van der Waals surface area contributed by atoms with E-state index in [0.29, 0.717) is 11.3 Å². The number of nitrogens with zero attached hydrogens (tertiary/aromatic N) is 1. The van der Waals surface area contributed by atoms with Crippen LogP contribution in [0.4, 0.5) is 11.4 Å². The molecule has 0 aromatic heterocycles. The molecule has 0 saturated heterocycles. The number of para-hydroxylation sites is 1. The lowest BCUT2D eigenvalue weighted by molar-refractivity contribution is -0.115. The molecule has 0 heterocycles. The van der Waals surface area contributed by atoms with E-state index in [1.807, 2.05) is 32.0 Å². The van der Waals surface area contributed by atoms with Crippen LogP contribution in [0.5, 0.6) is 0 Å². The second-order valence-corrected chi connectivity index (χ2v) is 5.18. The van der Waals surface area contributed by atoms with Crippen molar-refractivity contribution >= 4 is 23.2 Å². The smallest absolute Gasteiger partial charge is 0.255 e. The highest BCUT2D eigenvalue weighted by Crippen LogP contribution is 2.21. The fourth-order valence-corrected chi connectivity index (χ4v) is 2.21. The summed E-state index contributed by atoms with van der Waals surface area (Å²) in [6, 6.07) is 14.2. The predicted molar refractivity (Wildman–Crippen MR) is 89.2 cm³/mol. The summed E-state index contributed by atoms with van der Waals surface area (Å²) in [6.07, 6.45) is -0.223. The topological polar surface area (TPSA) is 82.0 Å². The van der Waals surface area contributed by atoms with Crippen molar-refractivity contribution in [2.75, 3.05) is 10.6 Å². The fraction of sp³-hybridized carbons (Fsp3) is 0.167. The van der Waals surface area contributed by atoms with Crippen LogP contribution in [0.1, 0.15) is 27.9 Å². The molecule has 5 nitrogen and oxygen atoms in total. The molecule has 0 bridgehead atoms. The van der Waals surface area contributed by atoms with E-state index in [0.717, 1.165) is 16.8 Å². The monoisotopic (exact) mass is 307 g/mol. The fourth-order valence-electron chi connectivity index (χ4n) is 2.21. The van der Waals surface area contributed by atoms with E-state index >= 15 is 0 Å². The third kappa shape index (κ3) is 4.17. The van der Waals surface area contributed by atoms with Gasteiger partial charge in [-0.3, -0.25) is 9.59 Å². The summed E-state index contributed by atoms with van der Waals surface area (Å²) < 4.78 is 0. The predicted octanol–water partition coefficient (Wildman–Crippen LogP) is 3.41. The molecular weight excluding hydrogens is 290 g/mol. The SMILES string of the molecule is Cc1cccc(C)c1NC(=O)c1cccc(NC(=O)CC#N)c1. The molecule has 0 saturated carbocycles. The summed E-state index contributed by atoms with van der Waals surface area (Å²) in [5, 5.41) is 14.0. The Bertz CT molecular complexity index is 771. The third-order valence-corrected chi connectivity index (χ3v) is 3.37. The number of benzene rings is 2. The summed E-state index contributed by atoms with van der Waals surface area (Å²) in [5.74, 6) is -0.654. The van der Waals surface area contributed by atoms with Crippen molar-refractivity contribution < 1.29 is 9.59 Å². The molecule has 0 fully saturated rings. The number of nitrogens with one attached hydrogen (secondary N) is 2. The van der Waals surface area contributed by atoms with Crippen LogP contribution in [0.25, 0.3) is 0 Å². The van der Waals surface area contributed by atoms with Crippen molar-refractivity contribution in [2.45, 2.75) is 20.3 Å². The zero-order valence-electron chi connectivity index (χ0n) is 13.0. The molecule has 0 aliphatic heterocycles. The van der Waals surface area contributed by atoms with E-state index in [1.165, 1.54) is 0 Å². The average molecular weight is 307 g/mol. The van der Waals surface area contributed by atoms with Gasteiger partial charge in [0.1, 0.15) is 6.42 Å². The Morgan fingerprint density at radius 3 is 2.35 bits per heavy atom. The lowest BCUT2D eigenvalue weighted by Gasteiger charge is -2.12. The first-order chi connectivity index (χ1) is 11.0. The van der Waals surface area contributed by atoms with Gasteiger partial charge in [0.2, 0.25) is 5.91 Å². The molecule has 0 aliphatic rings. The lowest BCUT2D eigenvalue weighted by atomic mass is 10.1. The van der Waals surface area contributed by atoms with Crippen molar-refractivity contribution in [3.8, 4) is 6.07 Å². The Kier molecular flexibility index (Phi) is 5.11. The van der Waals surface area contributed by atoms with Gasteiger partial charge < -0.3 is 10.6 Å². The van der Waals surface area contributed by atoms with Gasteiger partial charge >= 0.3 is 0 Å². The number of rotatable bonds is 4. The number of nitriles is 1. The highest BCUT2D eigenvalue weighted by Gasteiger charge is 2.11. The number of hydrogen-bond donors (Lipinski definition) is 2. The van der Waals surface area contributed by atoms with Crippen molar-refractivity contribution in [2.24, 2.45) is 0 Å². The van der Waals surface area contributed by atoms with Crippen LogP contribution in [-0.2, 0) is 4.79 Å². The molecule has 2 rings (SSSR count).